The number of carboxylic acids is 3. The summed E-state index contributed by atoms with van der Waals surface area (Å²) in [6.45, 7) is -2.28. The molecule has 7 rings (SSSR count). The maximum absolute atomic E-state index is 14.6. The number of aliphatic carboxylic acids is 3. The highest BCUT2D eigenvalue weighted by Gasteiger charge is 2.66. The van der Waals surface area contributed by atoms with Crippen LogP contribution in [-0.2, 0) is 105 Å². The first-order valence-electron chi connectivity index (χ1n) is 51.4. The first kappa shape index (κ1) is 128. The summed E-state index contributed by atoms with van der Waals surface area (Å²) < 4.78 is 84.6. The fourth-order valence-corrected chi connectivity index (χ4v) is 19.5. The van der Waals surface area contributed by atoms with Crippen molar-refractivity contribution in [3.05, 3.63) is 12.2 Å². The van der Waals surface area contributed by atoms with Gasteiger partial charge in [-0.25, -0.2) is 14.4 Å². The quantitative estimate of drug-likeness (QED) is 0.0199. The Bertz CT molecular complexity index is 3920. The summed E-state index contributed by atoms with van der Waals surface area (Å²) in [4.78, 5) is 107. The molecule has 0 saturated carbocycles. The number of ether oxygens (including phenoxy) is 14. The van der Waals surface area contributed by atoms with Crippen LogP contribution in [0.15, 0.2) is 12.2 Å². The van der Waals surface area contributed by atoms with Gasteiger partial charge >= 0.3 is 17.9 Å². The monoisotopic (exact) mass is 2130 g/mol. The number of aliphatic hydroxyl groups excluding tert-OH is 22. The van der Waals surface area contributed by atoms with Gasteiger partial charge in [-0.3, -0.25) is 24.0 Å². The molecule has 7 heterocycles. The number of nitrogens with one attached hydrogen (secondary N) is 5. The van der Waals surface area contributed by atoms with Gasteiger partial charge in [0, 0.05) is 53.4 Å². The van der Waals surface area contributed by atoms with Gasteiger partial charge in [0.1, 0.15) is 153 Å². The predicted molar refractivity (Wildman–Crippen MR) is 501 cm³/mol. The Morgan fingerprint density at radius 1 is 0.367 bits per heavy atom. The Morgan fingerprint density at radius 3 is 1.13 bits per heavy atom. The fraction of sp³-hybridized carbons (Fsp3) is 0.895. The molecule has 0 aromatic heterocycles. The lowest BCUT2D eigenvalue weighted by molar-refractivity contribution is -0.405. The van der Waals surface area contributed by atoms with Crippen LogP contribution in [0.4, 0.5) is 0 Å². The van der Waals surface area contributed by atoms with Crippen molar-refractivity contribution >= 4 is 47.4 Å². The molecular formula is C95H165N5O47. The van der Waals surface area contributed by atoms with Crippen LogP contribution in [0.3, 0.4) is 0 Å². The number of carbonyl (C=O) groups excluding carboxylic acids is 5. The average Bonchev–Trinajstić information content (AvgIpc) is 0.742. The van der Waals surface area contributed by atoms with Crippen LogP contribution >= 0.6 is 0 Å². The zero-order valence-corrected chi connectivity index (χ0v) is 84.3. The SMILES string of the molecule is CCCCCCCCCCCCC/C=C/[C@@H](O)[C@H](CO[C@@H]1O[C@H](CO)[C@@H](O[C@@H]2O[C@H](CO)[C@H](O[C@@H]3O[C@H](CO)[C@H](O)[C@H](O[C@@H]4O[C@H](CO)[C@H](O)[C@H](O[C@]5(C(=O)O)C[C@H](O)[C@@H](NC(C)=O)[C@H]([C@H](O)[C@H](O)CO)O5)[C@H]4O)[C@H]3NC(C)=O)[C@H](O[C@]3(C(=O)O)C[C@H](O)[C@@H](NC(C)=O)[C@H]([C@@H](O)[C@@H](CO)O[C@]4(C(=O)O)C[C@H](O)[C@@H](NC(C)=O)[C@H]([C@H](O)[C@H](O)CO)O4)O3)[C@H]2O)[C@H](O)[C@H]1O)NC(=O)CCCCCCCCCCCCCCCCC. The number of rotatable bonds is 66. The molecule has 5 amide bonds. The van der Waals surface area contributed by atoms with Gasteiger partial charge in [0.05, 0.1) is 101 Å². The highest BCUT2D eigenvalue weighted by Crippen LogP contribution is 2.45. The molecule has 0 radical (unpaired) electrons. The summed E-state index contributed by atoms with van der Waals surface area (Å²) in [6, 6.07) is -9.38. The molecule has 852 valence electrons. The minimum Gasteiger partial charge on any atom is -0.477 e. The van der Waals surface area contributed by atoms with E-state index in [2.05, 4.69) is 40.4 Å². The Morgan fingerprint density at radius 2 is 0.714 bits per heavy atom. The van der Waals surface area contributed by atoms with Crippen LogP contribution < -0.4 is 26.6 Å². The molecule has 30 N–H and O–H groups in total. The van der Waals surface area contributed by atoms with Crippen molar-refractivity contribution in [3.63, 3.8) is 0 Å². The number of amides is 5. The minimum atomic E-state index is -3.81. The highest BCUT2D eigenvalue weighted by molar-refractivity contribution is 5.79. The number of hydrogen-bond acceptors (Lipinski definition) is 44. The number of carboxylic acid groups (broad SMARTS) is 3. The second-order valence-electron chi connectivity index (χ2n) is 39.2. The highest BCUT2D eigenvalue weighted by atomic mass is 16.8. The van der Waals surface area contributed by atoms with E-state index >= 15 is 0 Å². The third kappa shape index (κ3) is 36.1. The molecule has 52 heteroatoms. The lowest BCUT2D eigenvalue weighted by atomic mass is 9.87. The van der Waals surface area contributed by atoms with Crippen LogP contribution in [0.2, 0.25) is 0 Å². The van der Waals surface area contributed by atoms with E-state index in [1.165, 1.54) is 83.1 Å². The van der Waals surface area contributed by atoms with Crippen LogP contribution in [-0.4, -0.2) is 472 Å². The summed E-state index contributed by atoms with van der Waals surface area (Å²) in [6.07, 6.45) is -48.1. The van der Waals surface area contributed by atoms with E-state index in [0.29, 0.717) is 12.8 Å². The van der Waals surface area contributed by atoms with Crippen molar-refractivity contribution in [1.82, 2.24) is 26.6 Å². The van der Waals surface area contributed by atoms with Gasteiger partial charge in [-0.1, -0.05) is 180 Å². The second-order valence-corrected chi connectivity index (χ2v) is 39.2. The van der Waals surface area contributed by atoms with E-state index in [1.54, 1.807) is 6.08 Å². The zero-order valence-electron chi connectivity index (χ0n) is 84.3. The number of carbonyl (C=O) groups is 8. The van der Waals surface area contributed by atoms with Gasteiger partial charge in [-0.15, -0.1) is 0 Å². The first-order valence-corrected chi connectivity index (χ1v) is 51.4. The molecule has 40 atom stereocenters. The van der Waals surface area contributed by atoms with Crippen LogP contribution in [0, 0.1) is 0 Å². The van der Waals surface area contributed by atoms with Gasteiger partial charge < -0.3 is 221 Å². The molecule has 7 saturated heterocycles. The number of hydrogen-bond donors (Lipinski definition) is 30. The maximum Gasteiger partial charge on any atom is 0.364 e. The number of unbranched alkanes of at least 4 members (excludes halogenated alkanes) is 25. The van der Waals surface area contributed by atoms with Crippen LogP contribution in [0.25, 0.3) is 0 Å². The molecule has 7 aliphatic rings. The largest absolute Gasteiger partial charge is 0.477 e. The maximum atomic E-state index is 14.6. The molecule has 0 aliphatic carbocycles. The molecule has 147 heavy (non-hydrogen) atoms. The van der Waals surface area contributed by atoms with E-state index in [9.17, 15) is 166 Å². The van der Waals surface area contributed by atoms with E-state index in [4.69, 9.17) is 66.3 Å². The summed E-state index contributed by atoms with van der Waals surface area (Å²) in [5, 5.41) is 298. The lowest BCUT2D eigenvalue weighted by Crippen LogP contribution is -2.73. The summed E-state index contributed by atoms with van der Waals surface area (Å²) in [7, 11) is 0. The van der Waals surface area contributed by atoms with Gasteiger partial charge in [0.15, 0.2) is 25.2 Å². The summed E-state index contributed by atoms with van der Waals surface area (Å²) >= 11 is 0. The van der Waals surface area contributed by atoms with Gasteiger partial charge in [0.2, 0.25) is 29.5 Å². The molecule has 7 fully saturated rings. The minimum absolute atomic E-state index is 0.0461. The smallest absolute Gasteiger partial charge is 0.364 e. The van der Waals surface area contributed by atoms with Crippen molar-refractivity contribution in [1.29, 1.82) is 0 Å². The Labute approximate surface area is 852 Å². The van der Waals surface area contributed by atoms with Crippen molar-refractivity contribution in [2.45, 2.75) is 484 Å². The Balaban J connectivity index is 1.26. The fourth-order valence-electron chi connectivity index (χ4n) is 19.5. The molecule has 0 spiro atoms. The van der Waals surface area contributed by atoms with Crippen molar-refractivity contribution in [2.75, 3.05) is 52.9 Å². The van der Waals surface area contributed by atoms with E-state index in [-0.39, 0.29) is 6.42 Å². The first-order chi connectivity index (χ1) is 69.9. The Kier molecular flexibility index (Phi) is 55.0. The van der Waals surface area contributed by atoms with Gasteiger partial charge in [-0.2, -0.15) is 0 Å². The van der Waals surface area contributed by atoms with Gasteiger partial charge in [-0.05, 0) is 19.3 Å². The molecule has 52 nitrogen and oxygen atoms in total. The molecule has 7 aliphatic heterocycles. The summed E-state index contributed by atoms with van der Waals surface area (Å²) in [5.74, 6) is -22.1. The second kappa shape index (κ2) is 63.2. The molecule has 0 unspecified atom stereocenters. The van der Waals surface area contributed by atoms with Crippen molar-refractivity contribution < 1.29 is 232 Å². The summed E-state index contributed by atoms with van der Waals surface area (Å²) in [5.41, 5.74) is 0. The molecular weight excluding hydrogens is 1960 g/mol. The van der Waals surface area contributed by atoms with Crippen molar-refractivity contribution in [2.24, 2.45) is 0 Å². The number of aliphatic hydroxyl groups is 22. The standard InChI is InChI=1S/C95H165N5O47/c1-7-9-11-13-15-17-19-21-22-24-26-28-30-32-34-36-64(118)100-52(53(112)35-33-31-29-27-25-23-20-18-16-14-12-10-8-2)47-134-87-75(125)74(124)78(62(45-106)137-87)139-89-77(127)85(147-95(92(132)133)39-56(115)67(98-50(5)110)83(145-95)73(123)61(44-105)142-93(90(128)129)37-54(113)65(96-48(3)108)81(143-93)69(119)57(116)40-101)79(63(46-107)138-89)140-86-68(99-51(6)111)80(71(121)59(42-103)135-86)141-88-76(126)84(72(122)60(43-104)136-88)146-94(91(130)131)38-55(114)66(97-49(4)109)82(144-94)70(120)58(117)41-102/h33,35,52-63,65-89,101-107,112-117,119-127H,7-32,34,36-47H2,1-6H3,(H,96,108)(H,97,109)(H,98,110)(H,99,111)(H,100,118)(H,128,129)(H,130,131)(H,132,133)/b35-33+/t52-,53+,54-,55-,56-,57+,58+,59+,60+,61+,62+,63+,65+,66+,67+,68+,69+,70+,71-,72-,73-,74+,75+,76+,77+,78+,79-,80+,81+,82+,83+,84-,85+,86-,87+,88-,89-,93+,94-,95-/m0/s1. The van der Waals surface area contributed by atoms with E-state index < -0.39 is 363 Å². The van der Waals surface area contributed by atoms with E-state index in [1.807, 2.05) is 0 Å². The van der Waals surface area contributed by atoms with Crippen LogP contribution in [0.5, 0.6) is 0 Å². The number of allylic oxidation sites excluding steroid dienone is 1. The third-order valence-electron chi connectivity index (χ3n) is 27.6. The normalized spacial score (nSPS) is 35.5. The Hall–Kier alpha value is -5.94. The molecule has 0 aromatic carbocycles. The average molecular weight is 2130 g/mol. The molecule has 0 aromatic rings. The molecule has 0 bridgehead atoms. The van der Waals surface area contributed by atoms with Gasteiger partial charge in [0.25, 0.3) is 17.4 Å². The van der Waals surface area contributed by atoms with Crippen LogP contribution in [0.1, 0.15) is 241 Å². The third-order valence-corrected chi connectivity index (χ3v) is 27.6. The topological polar surface area (TPSA) is 832 Å². The zero-order chi connectivity index (χ0) is 109. The van der Waals surface area contributed by atoms with E-state index in [0.717, 1.165) is 111 Å². The van der Waals surface area contributed by atoms with Crippen molar-refractivity contribution in [3.8, 4) is 0 Å². The predicted octanol–water partition coefficient (Wildman–Crippen LogP) is -6.69. The lowest BCUT2D eigenvalue weighted by Gasteiger charge is -2.53.